The average Bonchev–Trinajstić information content (AvgIpc) is 3.08. The molecule has 1 aliphatic rings. The van der Waals surface area contributed by atoms with Crippen LogP contribution in [0.15, 0.2) is 53.6 Å². The highest BCUT2D eigenvalue weighted by Gasteiger charge is 2.11. The van der Waals surface area contributed by atoms with E-state index in [2.05, 4.69) is 32.3 Å². The highest BCUT2D eigenvalue weighted by molar-refractivity contribution is 7.71. The van der Waals surface area contributed by atoms with Crippen molar-refractivity contribution in [3.63, 3.8) is 0 Å². The Morgan fingerprint density at radius 1 is 1.07 bits per heavy atom. The summed E-state index contributed by atoms with van der Waals surface area (Å²) in [6, 6.07) is 14.2. The highest BCUT2D eigenvalue weighted by atomic mass is 32.1. The van der Waals surface area contributed by atoms with Crippen LogP contribution < -0.4 is 4.90 Å². The number of nitrogens with one attached hydrogen (secondary N) is 1. The highest BCUT2D eigenvalue weighted by Crippen LogP contribution is 2.18. The molecule has 0 amide bonds. The summed E-state index contributed by atoms with van der Waals surface area (Å²) in [6.07, 6.45) is 1.72. The number of halogens is 1. The number of aromatic nitrogens is 3. The van der Waals surface area contributed by atoms with Gasteiger partial charge in [-0.1, -0.05) is 12.1 Å². The molecule has 0 saturated carbocycles. The molecule has 8 heteroatoms. The quantitative estimate of drug-likeness (QED) is 0.554. The van der Waals surface area contributed by atoms with E-state index in [1.165, 1.54) is 22.5 Å². The summed E-state index contributed by atoms with van der Waals surface area (Å²) < 4.78 is 20.4. The predicted molar refractivity (Wildman–Crippen MR) is 105 cm³/mol. The molecule has 27 heavy (non-hydrogen) atoms. The van der Waals surface area contributed by atoms with Crippen molar-refractivity contribution in [2.24, 2.45) is 5.10 Å². The van der Waals surface area contributed by atoms with Crippen LogP contribution in [0.2, 0.25) is 0 Å². The van der Waals surface area contributed by atoms with Crippen molar-refractivity contribution in [3.8, 4) is 11.4 Å². The maximum absolute atomic E-state index is 13.1. The first-order valence-electron chi connectivity index (χ1n) is 8.61. The minimum Gasteiger partial charge on any atom is -0.378 e. The lowest BCUT2D eigenvalue weighted by atomic mass is 10.2. The van der Waals surface area contributed by atoms with Gasteiger partial charge in [-0.2, -0.15) is 14.9 Å². The van der Waals surface area contributed by atoms with Crippen LogP contribution in [0.5, 0.6) is 0 Å². The van der Waals surface area contributed by atoms with Crippen molar-refractivity contribution in [3.05, 3.63) is 64.7 Å². The number of benzene rings is 2. The van der Waals surface area contributed by atoms with E-state index in [4.69, 9.17) is 17.0 Å². The largest absolute Gasteiger partial charge is 0.378 e. The Kier molecular flexibility index (Phi) is 5.08. The fourth-order valence-electron chi connectivity index (χ4n) is 2.90. The summed E-state index contributed by atoms with van der Waals surface area (Å²) in [7, 11) is 0. The Hall–Kier alpha value is -2.84. The Morgan fingerprint density at radius 2 is 1.78 bits per heavy atom. The maximum atomic E-state index is 13.1. The SMILES string of the molecule is Fc1ccc(-c2n[nH]c(=S)n2/N=C\c2ccc(N3CCOCC3)cc2)cc1. The van der Waals surface area contributed by atoms with Crippen LogP contribution >= 0.6 is 12.2 Å². The number of rotatable bonds is 4. The molecular weight excluding hydrogens is 365 g/mol. The van der Waals surface area contributed by atoms with E-state index in [1.54, 1.807) is 18.3 Å². The second-order valence-electron chi connectivity index (χ2n) is 6.11. The third-order valence-corrected chi connectivity index (χ3v) is 4.61. The third-order valence-electron chi connectivity index (χ3n) is 4.34. The number of hydrogen-bond acceptors (Lipinski definition) is 5. The fourth-order valence-corrected chi connectivity index (χ4v) is 3.08. The van der Waals surface area contributed by atoms with Gasteiger partial charge in [0.25, 0.3) is 0 Å². The Balaban J connectivity index is 1.55. The zero-order chi connectivity index (χ0) is 18.6. The van der Waals surface area contributed by atoms with Crippen LogP contribution in [-0.4, -0.2) is 47.4 Å². The first-order valence-corrected chi connectivity index (χ1v) is 9.02. The first kappa shape index (κ1) is 17.6. The summed E-state index contributed by atoms with van der Waals surface area (Å²) in [6.45, 7) is 3.32. The molecule has 0 spiro atoms. The number of morpholine rings is 1. The van der Waals surface area contributed by atoms with Gasteiger partial charge in [0.2, 0.25) is 4.77 Å². The summed E-state index contributed by atoms with van der Waals surface area (Å²) in [5.41, 5.74) is 2.84. The van der Waals surface area contributed by atoms with Gasteiger partial charge in [-0.25, -0.2) is 9.49 Å². The Morgan fingerprint density at radius 3 is 2.48 bits per heavy atom. The first-order chi connectivity index (χ1) is 13.2. The van der Waals surface area contributed by atoms with Crippen molar-refractivity contribution >= 4 is 24.1 Å². The second kappa shape index (κ2) is 7.81. The molecule has 0 aliphatic carbocycles. The normalized spacial score (nSPS) is 14.8. The minimum absolute atomic E-state index is 0.303. The van der Waals surface area contributed by atoms with Gasteiger partial charge in [0, 0.05) is 24.3 Å². The van der Waals surface area contributed by atoms with Gasteiger partial charge in [-0.3, -0.25) is 0 Å². The van der Waals surface area contributed by atoms with E-state index < -0.39 is 0 Å². The lowest BCUT2D eigenvalue weighted by Gasteiger charge is -2.28. The van der Waals surface area contributed by atoms with Crippen LogP contribution in [0.3, 0.4) is 0 Å². The molecule has 1 aromatic heterocycles. The molecule has 0 atom stereocenters. The topological polar surface area (TPSA) is 58.4 Å². The van der Waals surface area contributed by atoms with Crippen molar-refractivity contribution < 1.29 is 9.13 Å². The zero-order valence-electron chi connectivity index (χ0n) is 14.5. The molecule has 4 rings (SSSR count). The van der Waals surface area contributed by atoms with Crippen LogP contribution in [0.4, 0.5) is 10.1 Å². The van der Waals surface area contributed by atoms with Crippen molar-refractivity contribution in [2.45, 2.75) is 0 Å². The number of ether oxygens (including phenoxy) is 1. The van der Waals surface area contributed by atoms with Crippen LogP contribution in [0.1, 0.15) is 5.56 Å². The molecule has 2 heterocycles. The lowest BCUT2D eigenvalue weighted by Crippen LogP contribution is -2.36. The number of hydrogen-bond donors (Lipinski definition) is 1. The smallest absolute Gasteiger partial charge is 0.216 e. The molecule has 1 aliphatic heterocycles. The predicted octanol–water partition coefficient (Wildman–Crippen LogP) is 3.47. The number of nitrogens with zero attached hydrogens (tertiary/aromatic N) is 4. The van der Waals surface area contributed by atoms with Gasteiger partial charge in [0.05, 0.1) is 19.4 Å². The molecule has 1 fully saturated rings. The van der Waals surface area contributed by atoms with E-state index in [0.717, 1.165) is 37.4 Å². The van der Waals surface area contributed by atoms with Crippen molar-refractivity contribution in [2.75, 3.05) is 31.2 Å². The summed E-state index contributed by atoms with van der Waals surface area (Å²) in [5, 5.41) is 11.4. The van der Waals surface area contributed by atoms with Gasteiger partial charge < -0.3 is 9.64 Å². The van der Waals surface area contributed by atoms with E-state index >= 15 is 0 Å². The molecule has 138 valence electrons. The Labute approximate surface area is 160 Å². The van der Waals surface area contributed by atoms with Gasteiger partial charge in [-0.15, -0.1) is 0 Å². The van der Waals surface area contributed by atoms with Gasteiger partial charge in [0.1, 0.15) is 5.82 Å². The third kappa shape index (κ3) is 3.96. The van der Waals surface area contributed by atoms with Crippen LogP contribution in [0, 0.1) is 10.6 Å². The number of aromatic amines is 1. The van der Waals surface area contributed by atoms with E-state index in [9.17, 15) is 4.39 Å². The fraction of sp³-hybridized carbons (Fsp3) is 0.211. The van der Waals surface area contributed by atoms with Crippen molar-refractivity contribution in [1.29, 1.82) is 0 Å². The molecule has 0 radical (unpaired) electrons. The van der Waals surface area contributed by atoms with Crippen LogP contribution in [-0.2, 0) is 4.74 Å². The molecule has 0 unspecified atom stereocenters. The molecule has 1 saturated heterocycles. The summed E-state index contributed by atoms with van der Waals surface area (Å²) in [4.78, 5) is 2.29. The summed E-state index contributed by atoms with van der Waals surface area (Å²) in [5.74, 6) is 0.226. The van der Waals surface area contributed by atoms with E-state index in [1.807, 2.05) is 12.1 Å². The molecule has 6 nitrogen and oxygen atoms in total. The lowest BCUT2D eigenvalue weighted by molar-refractivity contribution is 0.122. The van der Waals surface area contributed by atoms with Gasteiger partial charge in [-0.05, 0) is 54.2 Å². The minimum atomic E-state index is -0.303. The second-order valence-corrected chi connectivity index (χ2v) is 6.49. The number of H-pyrrole nitrogens is 1. The zero-order valence-corrected chi connectivity index (χ0v) is 15.3. The van der Waals surface area contributed by atoms with Crippen LogP contribution in [0.25, 0.3) is 11.4 Å². The average molecular weight is 383 g/mol. The molecule has 2 aromatic carbocycles. The summed E-state index contributed by atoms with van der Waals surface area (Å²) >= 11 is 5.26. The van der Waals surface area contributed by atoms with Gasteiger partial charge >= 0.3 is 0 Å². The molecule has 1 N–H and O–H groups in total. The molecular formula is C19H18FN5OS. The molecule has 3 aromatic rings. The van der Waals surface area contributed by atoms with E-state index in [-0.39, 0.29) is 5.82 Å². The standard InChI is InChI=1S/C19H18FN5OS/c20-16-5-3-15(4-6-16)18-22-23-19(27)25(18)21-13-14-1-7-17(8-2-14)24-9-11-26-12-10-24/h1-8,13H,9-12H2,(H,23,27)/b21-13-. The number of anilines is 1. The van der Waals surface area contributed by atoms with Gasteiger partial charge in [0.15, 0.2) is 5.82 Å². The van der Waals surface area contributed by atoms with Crippen molar-refractivity contribution in [1.82, 2.24) is 14.9 Å². The van der Waals surface area contributed by atoms with E-state index in [0.29, 0.717) is 10.6 Å². The molecule has 0 bridgehead atoms. The Bertz CT molecular complexity index is 988. The monoisotopic (exact) mass is 383 g/mol. The maximum Gasteiger partial charge on any atom is 0.216 e.